The fourth-order valence-corrected chi connectivity index (χ4v) is 8.01. The van der Waals surface area contributed by atoms with Crippen LogP contribution in [0, 0.1) is 5.92 Å². The van der Waals surface area contributed by atoms with Crippen LogP contribution in [0.1, 0.15) is 53.5 Å². The molecule has 0 N–H and O–H groups in total. The molecule has 4 aromatic carbocycles. The van der Waals surface area contributed by atoms with Crippen LogP contribution in [0.4, 0.5) is 11.4 Å². The summed E-state index contributed by atoms with van der Waals surface area (Å²) < 4.78 is 2.28. The van der Waals surface area contributed by atoms with E-state index in [1.165, 1.54) is 64.9 Å². The molecule has 1 saturated carbocycles. The van der Waals surface area contributed by atoms with Gasteiger partial charge >= 0.3 is 0 Å². The molecule has 3 heteroatoms. The Labute approximate surface area is 230 Å². The van der Waals surface area contributed by atoms with Gasteiger partial charge in [0.1, 0.15) is 0 Å². The van der Waals surface area contributed by atoms with E-state index in [-0.39, 0.29) is 5.41 Å². The van der Waals surface area contributed by atoms with Crippen LogP contribution in [-0.2, 0) is 5.41 Å². The summed E-state index contributed by atoms with van der Waals surface area (Å²) in [5.41, 5.74) is 9.28. The number of para-hydroxylation sites is 2. The van der Waals surface area contributed by atoms with Crippen LogP contribution < -0.4 is 4.90 Å². The Morgan fingerprint density at radius 3 is 1.94 bits per heavy atom. The molecular formula is C33H27Br2N. The van der Waals surface area contributed by atoms with E-state index >= 15 is 0 Å². The Hall–Kier alpha value is -2.62. The van der Waals surface area contributed by atoms with Gasteiger partial charge in [-0.1, -0.05) is 105 Å². The number of halogens is 2. The lowest BCUT2D eigenvalue weighted by Crippen LogP contribution is -2.55. The molecule has 1 aliphatic heterocycles. The second-order valence-electron chi connectivity index (χ2n) is 10.3. The summed E-state index contributed by atoms with van der Waals surface area (Å²) in [7, 11) is 0. The van der Waals surface area contributed by atoms with Crippen molar-refractivity contribution in [1.29, 1.82) is 0 Å². The average molecular weight is 597 g/mol. The van der Waals surface area contributed by atoms with Crippen molar-refractivity contribution < 1.29 is 0 Å². The standard InChI is InChI=1S/C33H27Br2N/c34-24-18-16-22-14-15-23-17-19-25(35)21-30(23)33(29(22)20-24)27-10-4-6-12-31(27)36(26-8-2-1-3-9-26)32-13-7-5-11-28(32)33/h1-4,6,8-10,12,14-21,28,32H,5,7,11,13H2/t28?,32-/m0/s1. The lowest BCUT2D eigenvalue weighted by Gasteiger charge is -2.57. The number of hydrogen-bond donors (Lipinski definition) is 0. The SMILES string of the molecule is Brc1ccc2c(c1)C1(c3cc(Br)ccc3C=C2)c2ccccc2N(c2ccccc2)[C@H]2CCCCC21. The molecule has 178 valence electrons. The van der Waals surface area contributed by atoms with E-state index in [1.807, 2.05) is 0 Å². The Balaban J connectivity index is 1.64. The number of nitrogens with zero attached hydrogens (tertiary/aromatic N) is 1. The summed E-state index contributed by atoms with van der Waals surface area (Å²) in [5, 5.41) is 0. The molecular weight excluding hydrogens is 570 g/mol. The first kappa shape index (κ1) is 22.6. The number of rotatable bonds is 1. The maximum Gasteiger partial charge on any atom is 0.0532 e. The highest BCUT2D eigenvalue weighted by molar-refractivity contribution is 9.10. The van der Waals surface area contributed by atoms with Gasteiger partial charge in [0.15, 0.2) is 0 Å². The molecule has 0 aromatic heterocycles. The van der Waals surface area contributed by atoms with E-state index in [2.05, 4.69) is 140 Å². The van der Waals surface area contributed by atoms with Gasteiger partial charge in [-0.2, -0.15) is 0 Å². The van der Waals surface area contributed by atoms with Crippen LogP contribution in [0.3, 0.4) is 0 Å². The summed E-state index contributed by atoms with van der Waals surface area (Å²) in [4.78, 5) is 2.66. The predicted octanol–water partition coefficient (Wildman–Crippen LogP) is 9.74. The monoisotopic (exact) mass is 595 g/mol. The predicted molar refractivity (Wildman–Crippen MR) is 158 cm³/mol. The Morgan fingerprint density at radius 1 is 0.639 bits per heavy atom. The van der Waals surface area contributed by atoms with Gasteiger partial charge in [0, 0.05) is 26.4 Å². The minimum atomic E-state index is -0.241. The van der Waals surface area contributed by atoms with E-state index in [0.717, 1.165) is 8.95 Å². The first-order valence-corrected chi connectivity index (χ1v) is 14.5. The first-order valence-electron chi connectivity index (χ1n) is 12.9. The van der Waals surface area contributed by atoms with Crippen molar-refractivity contribution in [2.75, 3.05) is 4.90 Å². The molecule has 4 aromatic rings. The van der Waals surface area contributed by atoms with Crippen LogP contribution >= 0.6 is 31.9 Å². The molecule has 0 bridgehead atoms. The largest absolute Gasteiger partial charge is 0.338 e. The normalized spacial score (nSPS) is 21.2. The Kier molecular flexibility index (Phi) is 5.48. The zero-order chi connectivity index (χ0) is 24.3. The third-order valence-electron chi connectivity index (χ3n) is 8.56. The molecule has 0 amide bonds. The molecule has 0 radical (unpaired) electrons. The van der Waals surface area contributed by atoms with E-state index in [9.17, 15) is 0 Å². The van der Waals surface area contributed by atoms with Crippen molar-refractivity contribution in [2.45, 2.75) is 37.1 Å². The van der Waals surface area contributed by atoms with Crippen LogP contribution in [0.25, 0.3) is 12.2 Å². The van der Waals surface area contributed by atoms with Gasteiger partial charge in [-0.15, -0.1) is 0 Å². The summed E-state index contributed by atoms with van der Waals surface area (Å²) in [6.45, 7) is 0. The summed E-state index contributed by atoms with van der Waals surface area (Å²) in [6, 6.07) is 34.4. The van der Waals surface area contributed by atoms with Crippen molar-refractivity contribution in [3.8, 4) is 0 Å². The van der Waals surface area contributed by atoms with E-state index in [0.29, 0.717) is 12.0 Å². The topological polar surface area (TPSA) is 3.24 Å². The van der Waals surface area contributed by atoms with Crippen LogP contribution in [0.2, 0.25) is 0 Å². The van der Waals surface area contributed by atoms with E-state index in [4.69, 9.17) is 0 Å². The molecule has 36 heavy (non-hydrogen) atoms. The van der Waals surface area contributed by atoms with Crippen molar-refractivity contribution in [3.05, 3.63) is 128 Å². The second-order valence-corrected chi connectivity index (χ2v) is 12.1. The van der Waals surface area contributed by atoms with Gasteiger partial charge < -0.3 is 4.90 Å². The number of hydrogen-bond acceptors (Lipinski definition) is 1. The van der Waals surface area contributed by atoms with Crippen molar-refractivity contribution >= 4 is 55.4 Å². The maximum absolute atomic E-state index is 3.85. The Morgan fingerprint density at radius 2 is 1.25 bits per heavy atom. The molecule has 1 fully saturated rings. The minimum absolute atomic E-state index is 0.241. The summed E-state index contributed by atoms with van der Waals surface area (Å²) >= 11 is 7.71. The zero-order valence-electron chi connectivity index (χ0n) is 20.0. The van der Waals surface area contributed by atoms with Gasteiger partial charge in [0.05, 0.1) is 5.41 Å². The smallest absolute Gasteiger partial charge is 0.0532 e. The van der Waals surface area contributed by atoms with Crippen molar-refractivity contribution in [2.24, 2.45) is 5.92 Å². The average Bonchev–Trinajstić information content (AvgIpc) is 3.05. The third kappa shape index (κ3) is 3.25. The highest BCUT2D eigenvalue weighted by Crippen LogP contribution is 2.61. The van der Waals surface area contributed by atoms with Crippen molar-refractivity contribution in [1.82, 2.24) is 0 Å². The van der Waals surface area contributed by atoms with Crippen LogP contribution in [-0.4, -0.2) is 6.04 Å². The van der Waals surface area contributed by atoms with E-state index < -0.39 is 0 Å². The Bertz CT molecular complexity index is 1430. The number of anilines is 2. The van der Waals surface area contributed by atoms with Crippen LogP contribution in [0.15, 0.2) is 99.9 Å². The molecule has 1 unspecified atom stereocenters. The molecule has 1 nitrogen and oxygen atoms in total. The quantitative estimate of drug-likeness (QED) is 0.211. The zero-order valence-corrected chi connectivity index (χ0v) is 23.2. The van der Waals surface area contributed by atoms with Crippen molar-refractivity contribution in [3.63, 3.8) is 0 Å². The highest BCUT2D eigenvalue weighted by atomic mass is 79.9. The van der Waals surface area contributed by atoms with Gasteiger partial charge in [0.25, 0.3) is 0 Å². The third-order valence-corrected chi connectivity index (χ3v) is 9.55. The molecule has 1 heterocycles. The summed E-state index contributed by atoms with van der Waals surface area (Å²) in [6.07, 6.45) is 9.61. The summed E-state index contributed by atoms with van der Waals surface area (Å²) in [5.74, 6) is 0.447. The molecule has 1 spiro atoms. The first-order chi connectivity index (χ1) is 17.7. The lowest BCUT2D eigenvalue weighted by atomic mass is 9.53. The minimum Gasteiger partial charge on any atom is -0.338 e. The number of fused-ring (bicyclic) bond motifs is 8. The molecule has 2 aliphatic carbocycles. The lowest BCUT2D eigenvalue weighted by molar-refractivity contribution is 0.219. The van der Waals surface area contributed by atoms with Crippen LogP contribution in [0.5, 0.6) is 0 Å². The number of benzene rings is 4. The van der Waals surface area contributed by atoms with Gasteiger partial charge in [-0.05, 0) is 89.0 Å². The highest BCUT2D eigenvalue weighted by Gasteiger charge is 2.55. The molecule has 7 rings (SSSR count). The van der Waals surface area contributed by atoms with Gasteiger partial charge in [0.2, 0.25) is 0 Å². The van der Waals surface area contributed by atoms with Gasteiger partial charge in [-0.3, -0.25) is 0 Å². The molecule has 2 atom stereocenters. The van der Waals surface area contributed by atoms with Gasteiger partial charge in [-0.25, -0.2) is 0 Å². The van der Waals surface area contributed by atoms with E-state index in [1.54, 1.807) is 0 Å². The fourth-order valence-electron chi connectivity index (χ4n) is 7.29. The molecule has 0 saturated heterocycles. The fraction of sp³-hybridized carbons (Fsp3) is 0.212. The maximum atomic E-state index is 3.85. The molecule has 3 aliphatic rings. The second kappa shape index (κ2) is 8.75.